The molecule has 3 rings (SSSR count). The van der Waals surface area contributed by atoms with Crippen LogP contribution in [0.2, 0.25) is 0 Å². The highest BCUT2D eigenvalue weighted by Crippen LogP contribution is 2.49. The van der Waals surface area contributed by atoms with E-state index in [-0.39, 0.29) is 31.8 Å². The second-order valence-electron chi connectivity index (χ2n) is 6.13. The van der Waals surface area contributed by atoms with Crippen molar-refractivity contribution in [2.24, 2.45) is 5.92 Å². The van der Waals surface area contributed by atoms with E-state index in [9.17, 15) is 9.59 Å². The molecule has 1 aromatic rings. The van der Waals surface area contributed by atoms with Crippen molar-refractivity contribution in [3.05, 3.63) is 36.4 Å². The van der Waals surface area contributed by atoms with Crippen LogP contribution in [0.1, 0.15) is 24.9 Å². The normalized spacial score (nSPS) is 22.8. The van der Waals surface area contributed by atoms with E-state index in [1.165, 1.54) is 0 Å². The van der Waals surface area contributed by atoms with Gasteiger partial charge in [-0.05, 0) is 25.5 Å². The SMILES string of the molecule is C=CCCOC(=O)N1C[C@@H](C(=O)OCC)[C@@H]2Oc3cc(OC)ccc3[C@@H]21. The van der Waals surface area contributed by atoms with E-state index in [4.69, 9.17) is 18.9 Å². The number of fused-ring (bicyclic) bond motifs is 3. The Balaban J connectivity index is 1.87. The third-order valence-electron chi connectivity index (χ3n) is 4.61. The molecule has 0 saturated carbocycles. The summed E-state index contributed by atoms with van der Waals surface area (Å²) in [6.07, 6.45) is 1.28. The van der Waals surface area contributed by atoms with Gasteiger partial charge in [-0.3, -0.25) is 9.69 Å². The van der Waals surface area contributed by atoms with Crippen LogP contribution in [-0.2, 0) is 14.3 Å². The van der Waals surface area contributed by atoms with Crippen LogP contribution in [0, 0.1) is 5.92 Å². The quantitative estimate of drug-likeness (QED) is 0.441. The molecule has 0 aliphatic carbocycles. The minimum atomic E-state index is -0.565. The molecule has 0 bridgehead atoms. The van der Waals surface area contributed by atoms with Crippen molar-refractivity contribution < 1.29 is 28.5 Å². The number of benzene rings is 1. The van der Waals surface area contributed by atoms with Crippen LogP contribution in [0.25, 0.3) is 0 Å². The molecule has 1 amide bonds. The van der Waals surface area contributed by atoms with Crippen molar-refractivity contribution in [1.29, 1.82) is 0 Å². The van der Waals surface area contributed by atoms with Crippen molar-refractivity contribution in [3.8, 4) is 11.5 Å². The van der Waals surface area contributed by atoms with E-state index >= 15 is 0 Å². The van der Waals surface area contributed by atoms with Gasteiger partial charge in [0.05, 0.1) is 20.3 Å². The number of amides is 1. The summed E-state index contributed by atoms with van der Waals surface area (Å²) in [5.74, 6) is 0.322. The third-order valence-corrected chi connectivity index (χ3v) is 4.61. The van der Waals surface area contributed by atoms with Gasteiger partial charge in [0, 0.05) is 18.2 Å². The smallest absolute Gasteiger partial charge is 0.410 e. The molecule has 1 fully saturated rings. The highest BCUT2D eigenvalue weighted by atomic mass is 16.6. The fourth-order valence-corrected chi connectivity index (χ4v) is 3.41. The van der Waals surface area contributed by atoms with Gasteiger partial charge in [-0.1, -0.05) is 6.08 Å². The third kappa shape index (κ3) is 3.21. The summed E-state index contributed by atoms with van der Waals surface area (Å²) in [6, 6.07) is 5.04. The van der Waals surface area contributed by atoms with E-state index in [0.717, 1.165) is 5.56 Å². The van der Waals surface area contributed by atoms with Gasteiger partial charge in [0.1, 0.15) is 29.6 Å². The Morgan fingerprint density at radius 3 is 2.88 bits per heavy atom. The fraction of sp³-hybridized carbons (Fsp3) is 0.474. The van der Waals surface area contributed by atoms with Gasteiger partial charge in [0.2, 0.25) is 0 Å². The lowest BCUT2D eigenvalue weighted by molar-refractivity contribution is -0.149. The molecule has 1 aromatic carbocycles. The Morgan fingerprint density at radius 1 is 1.38 bits per heavy atom. The van der Waals surface area contributed by atoms with Gasteiger partial charge in [0.15, 0.2) is 0 Å². The van der Waals surface area contributed by atoms with Gasteiger partial charge in [-0.15, -0.1) is 6.58 Å². The fourth-order valence-electron chi connectivity index (χ4n) is 3.41. The number of likely N-dealkylation sites (tertiary alicyclic amines) is 1. The Kier molecular flexibility index (Phi) is 5.35. The highest BCUT2D eigenvalue weighted by Gasteiger charge is 2.54. The van der Waals surface area contributed by atoms with E-state index in [0.29, 0.717) is 17.9 Å². The van der Waals surface area contributed by atoms with E-state index in [1.807, 2.05) is 12.1 Å². The first-order chi connectivity index (χ1) is 12.6. The lowest BCUT2D eigenvalue weighted by Gasteiger charge is -2.22. The first-order valence-electron chi connectivity index (χ1n) is 8.66. The van der Waals surface area contributed by atoms with Gasteiger partial charge >= 0.3 is 12.1 Å². The first kappa shape index (κ1) is 18.1. The van der Waals surface area contributed by atoms with Gasteiger partial charge in [-0.25, -0.2) is 4.79 Å². The second kappa shape index (κ2) is 7.68. The molecule has 2 heterocycles. The average Bonchev–Trinajstić information content (AvgIpc) is 3.18. The molecule has 0 aromatic heterocycles. The number of carbonyl (C=O) groups excluding carboxylic acids is 2. The lowest BCUT2D eigenvalue weighted by atomic mass is 9.99. The number of hydrogen-bond donors (Lipinski definition) is 0. The number of hydrogen-bond acceptors (Lipinski definition) is 6. The van der Waals surface area contributed by atoms with Crippen LogP contribution in [0.15, 0.2) is 30.9 Å². The molecule has 0 spiro atoms. The average molecular weight is 361 g/mol. The number of carbonyl (C=O) groups is 2. The van der Waals surface area contributed by atoms with Crippen molar-refractivity contribution in [1.82, 2.24) is 4.90 Å². The van der Waals surface area contributed by atoms with Crippen LogP contribution in [0.5, 0.6) is 11.5 Å². The Morgan fingerprint density at radius 2 is 2.19 bits per heavy atom. The molecule has 2 aliphatic heterocycles. The van der Waals surface area contributed by atoms with Crippen molar-refractivity contribution >= 4 is 12.1 Å². The lowest BCUT2D eigenvalue weighted by Crippen LogP contribution is -2.33. The van der Waals surface area contributed by atoms with Crippen LogP contribution in [-0.4, -0.2) is 49.9 Å². The van der Waals surface area contributed by atoms with Crippen molar-refractivity contribution in [3.63, 3.8) is 0 Å². The van der Waals surface area contributed by atoms with Gasteiger partial charge in [0.25, 0.3) is 0 Å². The largest absolute Gasteiger partial charge is 0.497 e. The zero-order valence-electron chi connectivity index (χ0n) is 15.0. The van der Waals surface area contributed by atoms with Crippen LogP contribution >= 0.6 is 0 Å². The monoisotopic (exact) mass is 361 g/mol. The zero-order valence-corrected chi connectivity index (χ0v) is 15.0. The molecule has 0 radical (unpaired) electrons. The summed E-state index contributed by atoms with van der Waals surface area (Å²) >= 11 is 0. The van der Waals surface area contributed by atoms with Gasteiger partial charge < -0.3 is 18.9 Å². The first-order valence-corrected chi connectivity index (χ1v) is 8.66. The summed E-state index contributed by atoms with van der Waals surface area (Å²) in [5.41, 5.74) is 0.836. The maximum absolute atomic E-state index is 12.6. The molecule has 0 unspecified atom stereocenters. The second-order valence-corrected chi connectivity index (χ2v) is 6.13. The minimum absolute atomic E-state index is 0.201. The number of methoxy groups -OCH3 is 1. The molecular weight excluding hydrogens is 338 g/mol. The molecule has 140 valence electrons. The predicted octanol–water partition coefficient (Wildman–Crippen LogP) is 2.70. The number of ether oxygens (including phenoxy) is 4. The summed E-state index contributed by atoms with van der Waals surface area (Å²) in [4.78, 5) is 26.5. The van der Waals surface area contributed by atoms with Crippen molar-refractivity contribution in [2.75, 3.05) is 26.9 Å². The molecule has 26 heavy (non-hydrogen) atoms. The number of nitrogens with zero attached hydrogens (tertiary/aromatic N) is 1. The summed E-state index contributed by atoms with van der Waals surface area (Å²) in [7, 11) is 1.57. The minimum Gasteiger partial charge on any atom is -0.497 e. The number of esters is 1. The van der Waals surface area contributed by atoms with E-state index < -0.39 is 18.1 Å². The Labute approximate surface area is 152 Å². The number of rotatable bonds is 6. The molecule has 7 nitrogen and oxygen atoms in total. The standard InChI is InChI=1S/C19H23NO6/c1-4-6-9-25-19(22)20-11-14(18(21)24-5-2)17-16(20)13-8-7-12(23-3)10-15(13)26-17/h4,7-8,10,14,16-17H,1,5-6,9,11H2,2-3H3/t14-,16+,17+/m1/s1. The Hall–Kier alpha value is -2.70. The molecule has 1 saturated heterocycles. The Bertz CT molecular complexity index is 703. The van der Waals surface area contributed by atoms with Crippen LogP contribution in [0.4, 0.5) is 4.79 Å². The van der Waals surface area contributed by atoms with E-state index in [1.54, 1.807) is 31.1 Å². The maximum Gasteiger partial charge on any atom is 0.410 e. The topological polar surface area (TPSA) is 74.3 Å². The van der Waals surface area contributed by atoms with Gasteiger partial charge in [-0.2, -0.15) is 0 Å². The summed E-state index contributed by atoms with van der Waals surface area (Å²) in [6.45, 7) is 6.09. The maximum atomic E-state index is 12.6. The molecule has 3 atom stereocenters. The molecular formula is C19H23NO6. The van der Waals surface area contributed by atoms with Crippen molar-refractivity contribution in [2.45, 2.75) is 25.5 Å². The zero-order chi connectivity index (χ0) is 18.7. The van der Waals surface area contributed by atoms with Crippen LogP contribution in [0.3, 0.4) is 0 Å². The molecule has 0 N–H and O–H groups in total. The summed E-state index contributed by atoms with van der Waals surface area (Å²) < 4.78 is 21.7. The summed E-state index contributed by atoms with van der Waals surface area (Å²) in [5, 5.41) is 0. The highest BCUT2D eigenvalue weighted by molar-refractivity contribution is 5.78. The molecule has 7 heteroatoms. The van der Waals surface area contributed by atoms with Crippen LogP contribution < -0.4 is 9.47 Å². The predicted molar refractivity (Wildman–Crippen MR) is 93.1 cm³/mol. The van der Waals surface area contributed by atoms with E-state index in [2.05, 4.69) is 6.58 Å². The molecule has 2 aliphatic rings.